The third kappa shape index (κ3) is 3.56. The van der Waals surface area contributed by atoms with Gasteiger partial charge in [-0.3, -0.25) is 0 Å². The van der Waals surface area contributed by atoms with E-state index in [0.29, 0.717) is 13.2 Å². The largest absolute Gasteiger partial charge is 0.418 e. The Kier molecular flexibility index (Phi) is 4.13. The minimum absolute atomic E-state index is 0.0836. The van der Waals surface area contributed by atoms with Crippen LogP contribution in [-0.4, -0.2) is 20.3 Å². The monoisotopic (exact) mass is 288 g/mol. The average Bonchev–Trinajstić information content (AvgIpc) is 3.14. The quantitative estimate of drug-likeness (QED) is 0.787. The Balaban J connectivity index is 2.06. The molecular weight excluding hydrogens is 269 g/mol. The fourth-order valence-electron chi connectivity index (χ4n) is 2.24. The average molecular weight is 288 g/mol. The van der Waals surface area contributed by atoms with Gasteiger partial charge in [-0.15, -0.1) is 0 Å². The lowest BCUT2D eigenvalue weighted by Gasteiger charge is -2.19. The van der Waals surface area contributed by atoms with E-state index in [2.05, 4.69) is 5.32 Å². The summed E-state index contributed by atoms with van der Waals surface area (Å²) < 4.78 is 43.9. The van der Waals surface area contributed by atoms with E-state index in [9.17, 15) is 13.2 Å². The highest BCUT2D eigenvalue weighted by atomic mass is 19.4. The van der Waals surface area contributed by atoms with Gasteiger partial charge in [0.25, 0.3) is 0 Å². The molecule has 0 radical (unpaired) electrons. The van der Waals surface area contributed by atoms with Crippen LogP contribution in [0, 0.1) is 5.41 Å². The number of benzene rings is 1. The van der Waals surface area contributed by atoms with Crippen molar-refractivity contribution < 1.29 is 17.9 Å². The van der Waals surface area contributed by atoms with Gasteiger partial charge in [0.15, 0.2) is 0 Å². The Morgan fingerprint density at radius 1 is 1.35 bits per heavy atom. The summed E-state index contributed by atoms with van der Waals surface area (Å²) in [5.74, 6) is 0. The molecule has 0 amide bonds. The molecule has 3 N–H and O–H groups in total. The number of nitrogen functional groups attached to an aromatic ring is 1. The highest BCUT2D eigenvalue weighted by Gasteiger charge is 2.42. The summed E-state index contributed by atoms with van der Waals surface area (Å²) in [6, 6.07) is 3.84. The lowest BCUT2D eigenvalue weighted by Crippen LogP contribution is -2.19. The highest BCUT2D eigenvalue weighted by Crippen LogP contribution is 2.49. The molecule has 1 saturated carbocycles. The molecule has 0 aliphatic heterocycles. The predicted molar refractivity (Wildman–Crippen MR) is 72.5 cm³/mol. The molecule has 6 heteroatoms. The molecule has 20 heavy (non-hydrogen) atoms. The predicted octanol–water partition coefficient (Wildman–Crippen LogP) is 3.52. The van der Waals surface area contributed by atoms with Crippen molar-refractivity contribution in [2.45, 2.75) is 25.4 Å². The van der Waals surface area contributed by atoms with Gasteiger partial charge < -0.3 is 15.8 Å². The van der Waals surface area contributed by atoms with Crippen LogP contribution in [0.5, 0.6) is 0 Å². The zero-order chi connectivity index (χ0) is 14.8. The smallest absolute Gasteiger partial charge is 0.399 e. The number of methoxy groups -OCH3 is 1. The van der Waals surface area contributed by atoms with E-state index in [1.165, 1.54) is 12.1 Å². The van der Waals surface area contributed by atoms with E-state index >= 15 is 0 Å². The summed E-state index contributed by atoms with van der Waals surface area (Å²) in [6.45, 7) is 1.17. The minimum Gasteiger partial charge on any atom is -0.399 e. The molecule has 1 aromatic carbocycles. The van der Waals surface area contributed by atoms with Crippen molar-refractivity contribution in [3.05, 3.63) is 23.8 Å². The van der Waals surface area contributed by atoms with Crippen molar-refractivity contribution >= 4 is 11.4 Å². The molecule has 0 saturated heterocycles. The van der Waals surface area contributed by atoms with Gasteiger partial charge >= 0.3 is 6.18 Å². The summed E-state index contributed by atoms with van der Waals surface area (Å²) in [5, 5.41) is 2.93. The standard InChI is InChI=1S/C14H19F3N2O/c1-20-7-6-13(4-5-13)9-19-12-3-2-10(18)8-11(12)14(15,16)17/h2-3,8,19H,4-7,9,18H2,1H3. The van der Waals surface area contributed by atoms with Gasteiger partial charge in [-0.1, -0.05) is 0 Å². The lowest BCUT2D eigenvalue weighted by molar-refractivity contribution is -0.136. The summed E-state index contributed by atoms with van der Waals surface area (Å²) >= 11 is 0. The van der Waals surface area contributed by atoms with Crippen molar-refractivity contribution in [2.24, 2.45) is 5.41 Å². The normalized spacial score (nSPS) is 17.0. The van der Waals surface area contributed by atoms with E-state index in [4.69, 9.17) is 10.5 Å². The lowest BCUT2D eigenvalue weighted by atomic mass is 10.0. The number of nitrogens with two attached hydrogens (primary N) is 1. The van der Waals surface area contributed by atoms with Crippen molar-refractivity contribution in [3.63, 3.8) is 0 Å². The number of halogens is 3. The second-order valence-electron chi connectivity index (χ2n) is 5.40. The number of anilines is 2. The van der Waals surface area contributed by atoms with Crippen LogP contribution in [0.2, 0.25) is 0 Å². The van der Waals surface area contributed by atoms with Crippen LogP contribution in [0.15, 0.2) is 18.2 Å². The summed E-state index contributed by atoms with van der Waals surface area (Å²) in [6.07, 6.45) is -1.48. The Morgan fingerprint density at radius 3 is 2.60 bits per heavy atom. The van der Waals surface area contributed by atoms with Crippen LogP contribution < -0.4 is 11.1 Å². The molecule has 0 spiro atoms. The van der Waals surface area contributed by atoms with E-state index in [0.717, 1.165) is 25.3 Å². The Bertz CT molecular complexity index is 470. The Morgan fingerprint density at radius 2 is 2.05 bits per heavy atom. The zero-order valence-electron chi connectivity index (χ0n) is 11.4. The van der Waals surface area contributed by atoms with Crippen molar-refractivity contribution in [1.29, 1.82) is 0 Å². The van der Waals surface area contributed by atoms with Crippen molar-refractivity contribution in [1.82, 2.24) is 0 Å². The van der Waals surface area contributed by atoms with Gasteiger partial charge in [0.2, 0.25) is 0 Å². The Labute approximate surface area is 116 Å². The van der Waals surface area contributed by atoms with Crippen molar-refractivity contribution in [2.75, 3.05) is 31.3 Å². The summed E-state index contributed by atoms with van der Waals surface area (Å²) in [5.41, 5.74) is 5.02. The van der Waals surface area contributed by atoms with Gasteiger partial charge in [-0.2, -0.15) is 13.2 Å². The number of ether oxygens (including phenoxy) is 1. The third-order valence-corrected chi connectivity index (χ3v) is 3.80. The fraction of sp³-hybridized carbons (Fsp3) is 0.571. The van der Waals surface area contributed by atoms with Gasteiger partial charge in [-0.05, 0) is 42.9 Å². The summed E-state index contributed by atoms with van der Waals surface area (Å²) in [4.78, 5) is 0. The second kappa shape index (κ2) is 5.52. The zero-order valence-corrected chi connectivity index (χ0v) is 11.4. The number of hydrogen-bond donors (Lipinski definition) is 2. The minimum atomic E-state index is -4.40. The Hall–Kier alpha value is -1.43. The molecule has 1 aromatic rings. The molecule has 1 aliphatic rings. The van der Waals surface area contributed by atoms with E-state index in [1.807, 2.05) is 0 Å². The first kappa shape index (κ1) is 15.0. The topological polar surface area (TPSA) is 47.3 Å². The molecule has 0 unspecified atom stereocenters. The van der Waals surface area contributed by atoms with Crippen LogP contribution >= 0.6 is 0 Å². The first-order valence-electron chi connectivity index (χ1n) is 6.56. The van der Waals surface area contributed by atoms with Gasteiger partial charge in [-0.25, -0.2) is 0 Å². The molecule has 2 rings (SSSR count). The molecule has 0 heterocycles. The number of hydrogen-bond acceptors (Lipinski definition) is 3. The van der Waals surface area contributed by atoms with Crippen LogP contribution in [0.1, 0.15) is 24.8 Å². The number of rotatable bonds is 6. The second-order valence-corrected chi connectivity index (χ2v) is 5.40. The number of nitrogens with one attached hydrogen (secondary N) is 1. The fourth-order valence-corrected chi connectivity index (χ4v) is 2.24. The third-order valence-electron chi connectivity index (χ3n) is 3.80. The van der Waals surface area contributed by atoms with E-state index in [-0.39, 0.29) is 16.8 Å². The van der Waals surface area contributed by atoms with Crippen LogP contribution in [-0.2, 0) is 10.9 Å². The molecule has 0 bridgehead atoms. The van der Waals surface area contributed by atoms with Crippen LogP contribution in [0.3, 0.4) is 0 Å². The van der Waals surface area contributed by atoms with E-state index < -0.39 is 11.7 Å². The molecular formula is C14H19F3N2O. The van der Waals surface area contributed by atoms with E-state index in [1.54, 1.807) is 7.11 Å². The molecule has 1 fully saturated rings. The summed E-state index contributed by atoms with van der Waals surface area (Å²) in [7, 11) is 1.63. The molecule has 0 aromatic heterocycles. The van der Waals surface area contributed by atoms with Gasteiger partial charge in [0.05, 0.1) is 5.56 Å². The highest BCUT2D eigenvalue weighted by molar-refractivity contribution is 5.59. The molecule has 3 nitrogen and oxygen atoms in total. The maximum atomic E-state index is 13.0. The van der Waals surface area contributed by atoms with Gasteiger partial charge in [0.1, 0.15) is 0 Å². The number of alkyl halides is 3. The first-order chi connectivity index (χ1) is 9.36. The van der Waals surface area contributed by atoms with Crippen LogP contribution in [0.4, 0.5) is 24.5 Å². The van der Waals surface area contributed by atoms with Gasteiger partial charge in [0, 0.05) is 31.6 Å². The molecule has 1 aliphatic carbocycles. The van der Waals surface area contributed by atoms with Crippen LogP contribution in [0.25, 0.3) is 0 Å². The molecule has 112 valence electrons. The first-order valence-corrected chi connectivity index (χ1v) is 6.56. The van der Waals surface area contributed by atoms with Crippen molar-refractivity contribution in [3.8, 4) is 0 Å². The maximum absolute atomic E-state index is 13.0. The SMILES string of the molecule is COCCC1(CNc2ccc(N)cc2C(F)(F)F)CC1. The maximum Gasteiger partial charge on any atom is 0.418 e. The molecule has 0 atom stereocenters.